The van der Waals surface area contributed by atoms with Gasteiger partial charge < -0.3 is 9.64 Å². The summed E-state index contributed by atoms with van der Waals surface area (Å²) in [5.74, 6) is 0.382. The summed E-state index contributed by atoms with van der Waals surface area (Å²) in [7, 11) is 1.32. The van der Waals surface area contributed by atoms with Crippen molar-refractivity contribution in [3.63, 3.8) is 0 Å². The van der Waals surface area contributed by atoms with Crippen molar-refractivity contribution in [1.29, 1.82) is 5.26 Å². The minimum Gasteiger partial charge on any atom is -0.468 e. The normalized spacial score (nSPS) is 10.1. The van der Waals surface area contributed by atoms with E-state index in [2.05, 4.69) is 6.07 Å². The first-order valence-electron chi connectivity index (χ1n) is 8.49. The number of hydrogen-bond acceptors (Lipinski definition) is 5. The molecule has 0 aliphatic rings. The molecule has 2 aromatic rings. The van der Waals surface area contributed by atoms with Gasteiger partial charge in [0.1, 0.15) is 6.54 Å². The van der Waals surface area contributed by atoms with Gasteiger partial charge in [0.25, 0.3) is 0 Å². The molecule has 0 heterocycles. The fourth-order valence-corrected chi connectivity index (χ4v) is 3.36. The number of carbonyl (C=O) groups is 2. The van der Waals surface area contributed by atoms with Crippen LogP contribution in [-0.4, -0.2) is 36.2 Å². The minimum atomic E-state index is -0.436. The number of rotatable bonds is 8. The Bertz CT molecular complexity index is 828. The molecule has 27 heavy (non-hydrogen) atoms. The molecule has 1 amide bonds. The topological polar surface area (TPSA) is 70.4 Å². The molecular weight excluding hydrogens is 360 g/mol. The third-order valence-corrected chi connectivity index (χ3v) is 5.09. The number of carbonyl (C=O) groups excluding carboxylic acids is 2. The lowest BCUT2D eigenvalue weighted by molar-refractivity contribution is -0.146. The Kier molecular flexibility index (Phi) is 7.90. The van der Waals surface area contributed by atoms with Crippen LogP contribution >= 0.6 is 11.8 Å². The number of ether oxygens (including phenoxy) is 1. The molecule has 0 unspecified atom stereocenters. The van der Waals surface area contributed by atoms with Crippen molar-refractivity contribution < 1.29 is 14.3 Å². The Morgan fingerprint density at radius 2 is 1.85 bits per heavy atom. The zero-order valence-corrected chi connectivity index (χ0v) is 16.3. The lowest BCUT2D eigenvalue weighted by Crippen LogP contribution is -2.37. The summed E-state index contributed by atoms with van der Waals surface area (Å²) in [6.07, 6.45) is 0. The van der Waals surface area contributed by atoms with Crippen LogP contribution in [0.1, 0.15) is 22.3 Å². The molecule has 0 spiro atoms. The lowest BCUT2D eigenvalue weighted by atomic mass is 10.1. The van der Waals surface area contributed by atoms with Crippen molar-refractivity contribution in [2.75, 3.05) is 19.4 Å². The van der Waals surface area contributed by atoms with E-state index in [0.717, 1.165) is 16.7 Å². The van der Waals surface area contributed by atoms with Gasteiger partial charge in [-0.05, 0) is 35.7 Å². The van der Waals surface area contributed by atoms with Crippen molar-refractivity contribution in [2.24, 2.45) is 0 Å². The maximum absolute atomic E-state index is 12.7. The summed E-state index contributed by atoms with van der Waals surface area (Å²) in [5.41, 5.74) is 3.74. The summed E-state index contributed by atoms with van der Waals surface area (Å²) in [6, 6.07) is 17.2. The summed E-state index contributed by atoms with van der Waals surface area (Å²) in [4.78, 5) is 25.9. The van der Waals surface area contributed by atoms with Gasteiger partial charge in [-0.2, -0.15) is 5.26 Å². The molecule has 0 saturated carbocycles. The van der Waals surface area contributed by atoms with Gasteiger partial charge in [0.05, 0.1) is 24.5 Å². The average molecular weight is 382 g/mol. The number of nitrogens with zero attached hydrogens (tertiary/aromatic N) is 2. The SMILES string of the molecule is COC(=O)CN(Cc1ccccc1C)C(=O)CSCc1ccc(C#N)cc1. The van der Waals surface area contributed by atoms with Gasteiger partial charge in [-0.1, -0.05) is 36.4 Å². The number of benzene rings is 2. The smallest absolute Gasteiger partial charge is 0.325 e. The molecular formula is C21H22N2O3S. The Hall–Kier alpha value is -2.78. The van der Waals surface area contributed by atoms with Crippen LogP contribution in [0.4, 0.5) is 0 Å². The van der Waals surface area contributed by atoms with Crippen molar-refractivity contribution in [2.45, 2.75) is 19.2 Å². The van der Waals surface area contributed by atoms with Gasteiger partial charge in [-0.3, -0.25) is 9.59 Å². The molecule has 6 heteroatoms. The molecule has 5 nitrogen and oxygen atoms in total. The van der Waals surface area contributed by atoms with Gasteiger partial charge in [-0.25, -0.2) is 0 Å². The quantitative estimate of drug-likeness (QED) is 0.655. The zero-order chi connectivity index (χ0) is 19.6. The van der Waals surface area contributed by atoms with Gasteiger partial charge in [-0.15, -0.1) is 11.8 Å². The summed E-state index contributed by atoms with van der Waals surface area (Å²) < 4.78 is 4.73. The molecule has 0 aliphatic carbocycles. The van der Waals surface area contributed by atoms with E-state index in [4.69, 9.17) is 10.00 Å². The van der Waals surface area contributed by atoms with Gasteiger partial charge in [0, 0.05) is 12.3 Å². The second-order valence-corrected chi connectivity index (χ2v) is 7.04. The number of thioether (sulfide) groups is 1. The van der Waals surface area contributed by atoms with E-state index >= 15 is 0 Å². The molecule has 2 rings (SSSR count). The van der Waals surface area contributed by atoms with E-state index < -0.39 is 5.97 Å². The largest absolute Gasteiger partial charge is 0.468 e. The third-order valence-electron chi connectivity index (χ3n) is 4.10. The first kappa shape index (κ1) is 20.5. The second kappa shape index (κ2) is 10.4. The number of hydrogen-bond donors (Lipinski definition) is 0. The Morgan fingerprint density at radius 3 is 2.48 bits per heavy atom. The van der Waals surface area contributed by atoms with Crippen LogP contribution < -0.4 is 0 Å². The van der Waals surface area contributed by atoms with E-state index in [1.54, 1.807) is 12.1 Å². The molecule has 0 aliphatic heterocycles. The van der Waals surface area contributed by atoms with Gasteiger partial charge in [0.15, 0.2) is 0 Å². The van der Waals surface area contributed by atoms with Crippen LogP contribution in [-0.2, 0) is 26.6 Å². The number of methoxy groups -OCH3 is 1. The van der Waals surface area contributed by atoms with Gasteiger partial charge >= 0.3 is 5.97 Å². The van der Waals surface area contributed by atoms with E-state index in [1.807, 2.05) is 43.3 Å². The monoisotopic (exact) mass is 382 g/mol. The molecule has 140 valence electrons. The summed E-state index contributed by atoms with van der Waals surface area (Å²) in [5, 5.41) is 8.83. The van der Waals surface area contributed by atoms with Crippen LogP contribution in [0, 0.1) is 18.3 Å². The van der Waals surface area contributed by atoms with E-state index in [0.29, 0.717) is 17.9 Å². The predicted molar refractivity (Wildman–Crippen MR) is 106 cm³/mol. The highest BCUT2D eigenvalue weighted by Gasteiger charge is 2.18. The fourth-order valence-electron chi connectivity index (χ4n) is 2.47. The maximum atomic E-state index is 12.7. The highest BCUT2D eigenvalue weighted by Crippen LogP contribution is 2.16. The molecule has 0 aromatic heterocycles. The van der Waals surface area contributed by atoms with E-state index in [9.17, 15) is 9.59 Å². The number of nitriles is 1. The Balaban J connectivity index is 1.96. The number of amides is 1. The first-order valence-corrected chi connectivity index (χ1v) is 9.65. The summed E-state index contributed by atoms with van der Waals surface area (Å²) >= 11 is 1.48. The zero-order valence-electron chi connectivity index (χ0n) is 15.5. The standard InChI is InChI=1S/C21H22N2O3S/c1-16-5-3-4-6-19(16)12-23(13-21(25)26-2)20(24)15-27-14-18-9-7-17(11-22)8-10-18/h3-10H,12-15H2,1-2H3. The average Bonchev–Trinajstić information content (AvgIpc) is 2.69. The molecule has 0 N–H and O–H groups in total. The highest BCUT2D eigenvalue weighted by atomic mass is 32.2. The first-order chi connectivity index (χ1) is 13.0. The van der Waals surface area contributed by atoms with Crippen molar-refractivity contribution >= 4 is 23.6 Å². The molecule has 0 radical (unpaired) electrons. The Labute approximate surface area is 163 Å². The number of esters is 1. The van der Waals surface area contributed by atoms with E-state index in [1.165, 1.54) is 23.8 Å². The van der Waals surface area contributed by atoms with Crippen LogP contribution in [0.15, 0.2) is 48.5 Å². The van der Waals surface area contributed by atoms with Crippen LogP contribution in [0.5, 0.6) is 0 Å². The van der Waals surface area contributed by atoms with Crippen LogP contribution in [0.3, 0.4) is 0 Å². The van der Waals surface area contributed by atoms with Crippen molar-refractivity contribution in [1.82, 2.24) is 4.90 Å². The molecule has 2 aromatic carbocycles. The van der Waals surface area contributed by atoms with Crippen molar-refractivity contribution in [3.05, 3.63) is 70.8 Å². The van der Waals surface area contributed by atoms with Crippen LogP contribution in [0.25, 0.3) is 0 Å². The fraction of sp³-hybridized carbons (Fsp3) is 0.286. The molecule has 0 atom stereocenters. The van der Waals surface area contributed by atoms with Crippen LogP contribution in [0.2, 0.25) is 0 Å². The summed E-state index contributed by atoms with van der Waals surface area (Å²) in [6.45, 7) is 2.29. The maximum Gasteiger partial charge on any atom is 0.325 e. The highest BCUT2D eigenvalue weighted by molar-refractivity contribution is 7.99. The lowest BCUT2D eigenvalue weighted by Gasteiger charge is -2.22. The van der Waals surface area contributed by atoms with Crippen molar-refractivity contribution in [3.8, 4) is 6.07 Å². The van der Waals surface area contributed by atoms with Gasteiger partial charge in [0.2, 0.25) is 5.91 Å². The molecule has 0 bridgehead atoms. The predicted octanol–water partition coefficient (Wildman–Crippen LogP) is 3.30. The Morgan fingerprint density at radius 1 is 1.15 bits per heavy atom. The second-order valence-electron chi connectivity index (χ2n) is 6.05. The third kappa shape index (κ3) is 6.46. The van der Waals surface area contributed by atoms with E-state index in [-0.39, 0.29) is 18.2 Å². The number of aryl methyl sites for hydroxylation is 1. The molecule has 0 saturated heterocycles. The minimum absolute atomic E-state index is 0.0684. The molecule has 0 fully saturated rings.